The number of carbonyl (C=O) groups is 2. The van der Waals surface area contributed by atoms with E-state index >= 15 is 0 Å². The van der Waals surface area contributed by atoms with Crippen molar-refractivity contribution < 1.29 is 18.7 Å². The van der Waals surface area contributed by atoms with Crippen LogP contribution < -0.4 is 0 Å². The van der Waals surface area contributed by atoms with Crippen LogP contribution in [0.15, 0.2) is 28.7 Å². The van der Waals surface area contributed by atoms with Gasteiger partial charge in [-0.1, -0.05) is 28.1 Å². The summed E-state index contributed by atoms with van der Waals surface area (Å²) in [6.07, 6.45) is -0.0826. The van der Waals surface area contributed by atoms with Crippen LogP contribution in [0.5, 0.6) is 0 Å². The number of hydrogen-bond donors (Lipinski definition) is 0. The molecule has 0 amide bonds. The van der Waals surface area contributed by atoms with E-state index in [4.69, 9.17) is 0 Å². The van der Waals surface area contributed by atoms with Crippen molar-refractivity contribution in [2.45, 2.75) is 19.0 Å². The molecule has 1 saturated carbocycles. The summed E-state index contributed by atoms with van der Waals surface area (Å²) in [5, 5.41) is 0. The summed E-state index contributed by atoms with van der Waals surface area (Å²) in [5.41, 5.74) is -1.72. The van der Waals surface area contributed by atoms with Gasteiger partial charge < -0.3 is 4.74 Å². The molecule has 0 heterocycles. The molecular weight excluding hydrogens is 303 g/mol. The topological polar surface area (TPSA) is 43.4 Å². The van der Waals surface area contributed by atoms with Crippen molar-refractivity contribution >= 4 is 27.7 Å². The largest absolute Gasteiger partial charge is 0.464 e. The highest BCUT2D eigenvalue weighted by Crippen LogP contribution is 2.50. The Kier molecular flexibility index (Phi) is 3.52. The quantitative estimate of drug-likeness (QED) is 0.634. The third-order valence-corrected chi connectivity index (χ3v) is 3.48. The number of esters is 1. The average Bonchev–Trinajstić information content (AvgIpc) is 3.04. The number of ketones is 1. The van der Waals surface area contributed by atoms with Gasteiger partial charge in [0.1, 0.15) is 0 Å². The van der Waals surface area contributed by atoms with Crippen LogP contribution in [0.2, 0.25) is 0 Å². The Balaban J connectivity index is 2.09. The third kappa shape index (κ3) is 2.32. The van der Waals surface area contributed by atoms with Gasteiger partial charge in [0.05, 0.1) is 12.5 Å². The van der Waals surface area contributed by atoms with Crippen LogP contribution in [-0.4, -0.2) is 24.0 Å². The van der Waals surface area contributed by atoms with Crippen LogP contribution >= 0.6 is 15.9 Å². The Bertz CT molecular complexity index is 486. The Morgan fingerprint density at radius 1 is 1.44 bits per heavy atom. The molecule has 5 heteroatoms. The smallest absolute Gasteiger partial charge is 0.344 e. The fourth-order valence-electron chi connectivity index (χ4n) is 1.83. The summed E-state index contributed by atoms with van der Waals surface area (Å²) < 4.78 is 19.5. The molecule has 1 aliphatic rings. The van der Waals surface area contributed by atoms with E-state index in [0.717, 1.165) is 4.47 Å². The molecule has 2 rings (SSSR count). The predicted octanol–water partition coefficient (Wildman–Crippen LogP) is 2.92. The number of alkyl halides is 1. The molecule has 18 heavy (non-hydrogen) atoms. The lowest BCUT2D eigenvalue weighted by Crippen LogP contribution is -2.25. The van der Waals surface area contributed by atoms with Crippen molar-refractivity contribution in [1.82, 2.24) is 0 Å². The maximum Gasteiger partial charge on any atom is 0.344 e. The zero-order valence-electron chi connectivity index (χ0n) is 9.78. The molecule has 1 aromatic rings. The van der Waals surface area contributed by atoms with Gasteiger partial charge >= 0.3 is 5.97 Å². The van der Waals surface area contributed by atoms with E-state index in [1.807, 2.05) is 0 Å². The molecule has 0 N–H and O–H groups in total. The van der Waals surface area contributed by atoms with E-state index in [1.165, 1.54) is 0 Å². The molecule has 1 fully saturated rings. The average molecular weight is 315 g/mol. The van der Waals surface area contributed by atoms with Gasteiger partial charge in [-0.3, -0.25) is 4.79 Å². The van der Waals surface area contributed by atoms with Gasteiger partial charge in [0.2, 0.25) is 5.67 Å². The minimum Gasteiger partial charge on any atom is -0.464 e. The lowest BCUT2D eigenvalue weighted by molar-refractivity contribution is -0.151. The summed E-state index contributed by atoms with van der Waals surface area (Å²) >= 11 is 3.25. The number of halogens is 2. The fourth-order valence-corrected chi connectivity index (χ4v) is 2.09. The molecule has 1 aliphatic carbocycles. The van der Waals surface area contributed by atoms with Gasteiger partial charge in [-0.05, 0) is 19.1 Å². The maximum atomic E-state index is 14.1. The normalized spacial score (nSPS) is 25.6. The van der Waals surface area contributed by atoms with E-state index in [0.29, 0.717) is 5.56 Å². The number of benzene rings is 1. The zero-order valence-corrected chi connectivity index (χ0v) is 11.4. The van der Waals surface area contributed by atoms with Crippen LogP contribution in [0.25, 0.3) is 0 Å². The van der Waals surface area contributed by atoms with E-state index in [-0.39, 0.29) is 18.8 Å². The molecule has 0 aromatic heterocycles. The highest BCUT2D eigenvalue weighted by molar-refractivity contribution is 9.10. The van der Waals surface area contributed by atoms with E-state index < -0.39 is 17.6 Å². The van der Waals surface area contributed by atoms with Gasteiger partial charge in [0, 0.05) is 16.5 Å². The van der Waals surface area contributed by atoms with Crippen molar-refractivity contribution in [2.24, 2.45) is 5.92 Å². The van der Waals surface area contributed by atoms with E-state index in [9.17, 15) is 14.0 Å². The molecule has 2 atom stereocenters. The number of Topliss-reactive ketones (excluding diaryl/α,β-unsaturated/α-hetero) is 1. The van der Waals surface area contributed by atoms with E-state index in [1.54, 1.807) is 31.2 Å². The first-order chi connectivity index (χ1) is 8.49. The summed E-state index contributed by atoms with van der Waals surface area (Å²) in [5.74, 6) is -2.18. The SMILES string of the molecule is CCOC(=O)[C@]1(F)C[C@H]1C(=O)c1ccc(Br)cc1. The van der Waals surface area contributed by atoms with Gasteiger partial charge in [0.25, 0.3) is 0 Å². The van der Waals surface area contributed by atoms with E-state index in [2.05, 4.69) is 20.7 Å². The lowest BCUT2D eigenvalue weighted by Gasteiger charge is -2.06. The number of hydrogen-bond acceptors (Lipinski definition) is 3. The van der Waals surface area contributed by atoms with Crippen molar-refractivity contribution in [3.8, 4) is 0 Å². The lowest BCUT2D eigenvalue weighted by atomic mass is 10.1. The standard InChI is InChI=1S/C13H12BrFO3/c1-2-18-12(17)13(15)7-10(13)11(16)8-3-5-9(14)6-4-8/h3-6,10H,2,7H2,1H3/t10-,13-/m0/s1. The Morgan fingerprint density at radius 3 is 2.61 bits per heavy atom. The fraction of sp³-hybridized carbons (Fsp3) is 0.385. The molecular formula is C13H12BrFO3. The highest BCUT2D eigenvalue weighted by atomic mass is 79.9. The van der Waals surface area contributed by atoms with Crippen LogP contribution in [0, 0.1) is 5.92 Å². The first-order valence-corrected chi connectivity index (χ1v) is 6.44. The van der Waals surface area contributed by atoms with Crippen LogP contribution in [-0.2, 0) is 9.53 Å². The number of ether oxygens (including phenoxy) is 1. The minimum absolute atomic E-state index is 0.0826. The summed E-state index contributed by atoms with van der Waals surface area (Å²) in [7, 11) is 0. The molecule has 0 aliphatic heterocycles. The molecule has 0 unspecified atom stereocenters. The Morgan fingerprint density at radius 2 is 2.06 bits per heavy atom. The van der Waals surface area contributed by atoms with Crippen LogP contribution in [0.3, 0.4) is 0 Å². The summed E-state index contributed by atoms with van der Waals surface area (Å²) in [6.45, 7) is 1.72. The monoisotopic (exact) mass is 314 g/mol. The third-order valence-electron chi connectivity index (χ3n) is 2.95. The Hall–Kier alpha value is -1.23. The number of carbonyl (C=O) groups excluding carboxylic acids is 2. The second-order valence-corrected chi connectivity index (χ2v) is 5.13. The van der Waals surface area contributed by atoms with Gasteiger partial charge in [-0.25, -0.2) is 9.18 Å². The summed E-state index contributed by atoms with van der Waals surface area (Å²) in [6, 6.07) is 6.63. The molecule has 1 aromatic carbocycles. The van der Waals surface area contributed by atoms with Crippen molar-refractivity contribution in [3.05, 3.63) is 34.3 Å². The predicted molar refractivity (Wildman–Crippen MR) is 67.1 cm³/mol. The van der Waals surface area contributed by atoms with Crippen molar-refractivity contribution in [1.29, 1.82) is 0 Å². The maximum absolute atomic E-state index is 14.1. The molecule has 0 saturated heterocycles. The molecule has 3 nitrogen and oxygen atoms in total. The molecule has 96 valence electrons. The minimum atomic E-state index is -2.12. The molecule has 0 bridgehead atoms. The first-order valence-electron chi connectivity index (χ1n) is 5.65. The first kappa shape index (κ1) is 13.2. The number of rotatable bonds is 4. The second kappa shape index (κ2) is 4.80. The zero-order chi connectivity index (χ0) is 13.3. The summed E-state index contributed by atoms with van der Waals surface area (Å²) in [4.78, 5) is 23.3. The molecule has 0 radical (unpaired) electrons. The van der Waals surface area contributed by atoms with Gasteiger partial charge in [-0.15, -0.1) is 0 Å². The van der Waals surface area contributed by atoms with Crippen molar-refractivity contribution in [2.75, 3.05) is 6.61 Å². The Labute approximate surface area is 112 Å². The van der Waals surface area contributed by atoms with Gasteiger partial charge in [0.15, 0.2) is 5.78 Å². The van der Waals surface area contributed by atoms with Crippen molar-refractivity contribution in [3.63, 3.8) is 0 Å². The van der Waals surface area contributed by atoms with Gasteiger partial charge in [-0.2, -0.15) is 0 Å². The van der Waals surface area contributed by atoms with Crippen LogP contribution in [0.1, 0.15) is 23.7 Å². The second-order valence-electron chi connectivity index (χ2n) is 4.21. The van der Waals surface area contributed by atoms with Crippen LogP contribution in [0.4, 0.5) is 4.39 Å². The molecule has 0 spiro atoms. The highest BCUT2D eigenvalue weighted by Gasteiger charge is 2.66.